The number of hydrogen-bond acceptors (Lipinski definition) is 2. The predicted octanol–water partition coefficient (Wildman–Crippen LogP) is 6.14. The molecule has 0 amide bonds. The Kier molecular flexibility index (Phi) is 8.87. The molecule has 0 saturated carbocycles. The number of rotatable bonds is 10. The van der Waals surface area contributed by atoms with E-state index in [0.29, 0.717) is 17.2 Å². The van der Waals surface area contributed by atoms with Crippen molar-refractivity contribution >= 4 is 38.4 Å². The first-order chi connectivity index (χ1) is 18.7. The van der Waals surface area contributed by atoms with E-state index in [1.165, 1.54) is 43.5 Å². The van der Waals surface area contributed by atoms with Gasteiger partial charge in [0.15, 0.2) is 0 Å². The van der Waals surface area contributed by atoms with Crippen LogP contribution in [0.15, 0.2) is 121 Å². The highest BCUT2D eigenvalue weighted by atomic mass is 31.1. The molecule has 190 valence electrons. The van der Waals surface area contributed by atoms with Crippen LogP contribution in [0.5, 0.6) is 11.5 Å². The van der Waals surface area contributed by atoms with E-state index in [0.717, 1.165) is 24.3 Å². The highest BCUT2D eigenvalue weighted by Gasteiger charge is 2.08. The maximum Gasteiger partial charge on any atom is 0.122 e. The van der Waals surface area contributed by atoms with Crippen LogP contribution in [-0.2, 0) is 12.8 Å². The first-order valence-corrected chi connectivity index (χ1v) is 14.8. The average molecular weight is 535 g/mol. The van der Waals surface area contributed by atoms with E-state index >= 15 is 0 Å². The van der Waals surface area contributed by atoms with Gasteiger partial charge in [0.1, 0.15) is 11.5 Å². The summed E-state index contributed by atoms with van der Waals surface area (Å²) in [7, 11) is 4.74. The van der Waals surface area contributed by atoms with Gasteiger partial charge in [0.2, 0.25) is 0 Å². The van der Waals surface area contributed by atoms with Crippen LogP contribution in [0.3, 0.4) is 0 Å². The maximum atomic E-state index is 5.52. The van der Waals surface area contributed by atoms with Crippen molar-refractivity contribution in [2.45, 2.75) is 12.8 Å². The summed E-state index contributed by atoms with van der Waals surface area (Å²) in [6.07, 6.45) is 1.75. The molecule has 0 fully saturated rings. The number of methoxy groups -OCH3 is 2. The molecule has 0 heterocycles. The summed E-state index contributed by atoms with van der Waals surface area (Å²) in [6.45, 7) is 0. The highest BCUT2D eigenvalue weighted by molar-refractivity contribution is 7.62. The molecule has 5 rings (SSSR count). The van der Waals surface area contributed by atoms with E-state index in [1.54, 1.807) is 14.2 Å². The van der Waals surface area contributed by atoms with Gasteiger partial charge in [-0.3, -0.25) is 0 Å². The quantitative estimate of drug-likeness (QED) is 0.200. The number of ether oxygens (including phenoxy) is 2. The molecule has 0 aliphatic rings. The number of benzene rings is 5. The van der Waals surface area contributed by atoms with Crippen LogP contribution < -0.4 is 30.7 Å². The largest absolute Gasteiger partial charge is 0.496 e. The molecule has 2 unspecified atom stereocenters. The van der Waals surface area contributed by atoms with Crippen LogP contribution >= 0.6 is 17.2 Å². The first kappa shape index (κ1) is 26.2. The van der Waals surface area contributed by atoms with Gasteiger partial charge < -0.3 is 9.47 Å². The van der Waals surface area contributed by atoms with Gasteiger partial charge in [-0.25, -0.2) is 0 Å². The predicted molar refractivity (Wildman–Crippen MR) is 166 cm³/mol. The minimum Gasteiger partial charge on any atom is -0.496 e. The Labute approximate surface area is 229 Å². The second-order valence-electron chi connectivity index (χ2n) is 9.17. The lowest BCUT2D eigenvalue weighted by Gasteiger charge is -2.12. The van der Waals surface area contributed by atoms with E-state index in [4.69, 9.17) is 9.47 Å². The molecule has 0 aliphatic carbocycles. The zero-order valence-electron chi connectivity index (χ0n) is 21.8. The molecule has 0 bridgehead atoms. The maximum absolute atomic E-state index is 5.52. The fraction of sp³-hybridized carbons (Fsp3) is 0.118. The molecular weight excluding hydrogens is 502 g/mol. The van der Waals surface area contributed by atoms with Crippen LogP contribution in [0.1, 0.15) is 22.3 Å². The van der Waals surface area contributed by atoms with E-state index in [1.807, 2.05) is 24.3 Å². The van der Waals surface area contributed by atoms with Crippen molar-refractivity contribution in [1.29, 1.82) is 0 Å². The fourth-order valence-electron chi connectivity index (χ4n) is 4.56. The van der Waals surface area contributed by atoms with Gasteiger partial charge in [-0.05, 0) is 55.6 Å². The van der Waals surface area contributed by atoms with Gasteiger partial charge >= 0.3 is 0 Å². The Hall–Kier alpha value is -3.44. The highest BCUT2D eigenvalue weighted by Crippen LogP contribution is 2.23. The Bertz CT molecular complexity index is 1360. The number of para-hydroxylation sites is 2. The van der Waals surface area contributed by atoms with E-state index in [-0.39, 0.29) is 0 Å². The third-order valence-corrected chi connectivity index (χ3v) is 9.47. The van der Waals surface area contributed by atoms with Crippen LogP contribution in [0, 0.1) is 0 Å². The summed E-state index contributed by atoms with van der Waals surface area (Å²) in [5.41, 5.74) is 5.02. The van der Waals surface area contributed by atoms with Crippen LogP contribution in [0.2, 0.25) is 0 Å². The fourth-order valence-corrected chi connectivity index (χ4v) is 7.02. The lowest BCUT2D eigenvalue weighted by Crippen LogP contribution is -2.20. The molecule has 4 heteroatoms. The molecule has 2 nitrogen and oxygen atoms in total. The van der Waals surface area contributed by atoms with Crippen molar-refractivity contribution in [1.82, 2.24) is 0 Å². The zero-order chi connectivity index (χ0) is 26.2. The van der Waals surface area contributed by atoms with Crippen LogP contribution in [-0.4, -0.2) is 14.2 Å². The third kappa shape index (κ3) is 6.70. The molecule has 5 aromatic carbocycles. The topological polar surface area (TPSA) is 18.5 Å². The van der Waals surface area contributed by atoms with Gasteiger partial charge in [0.25, 0.3) is 0 Å². The standard InChI is InChI=1S/C34H32O2P2/c1-35-31-11-5-3-9-27(31)23-25-15-19-29(20-16-25)37-33-13-7-8-14-34(33)38-30-21-17-26(18-22-30)24-28-10-4-6-12-32(28)36-2/h3-22,37-38H,23-24H2,1-2H3. The van der Waals surface area contributed by atoms with E-state index in [2.05, 4.69) is 97.1 Å². The third-order valence-electron chi connectivity index (χ3n) is 6.57. The molecule has 5 aromatic rings. The Morgan fingerprint density at radius 2 is 0.816 bits per heavy atom. The second kappa shape index (κ2) is 12.9. The number of hydrogen-bond donors (Lipinski definition) is 0. The smallest absolute Gasteiger partial charge is 0.122 e. The first-order valence-electron chi connectivity index (χ1n) is 12.8. The summed E-state index contributed by atoms with van der Waals surface area (Å²) in [5.74, 6) is 1.89. The minimum atomic E-state index is 0.635. The van der Waals surface area contributed by atoms with Crippen LogP contribution in [0.4, 0.5) is 0 Å². The van der Waals surface area contributed by atoms with Crippen LogP contribution in [0.25, 0.3) is 0 Å². The Morgan fingerprint density at radius 3 is 1.21 bits per heavy atom. The molecule has 38 heavy (non-hydrogen) atoms. The Balaban J connectivity index is 1.25. The summed E-state index contributed by atoms with van der Waals surface area (Å²) < 4.78 is 11.0. The van der Waals surface area contributed by atoms with Gasteiger partial charge in [-0.15, -0.1) is 0 Å². The summed E-state index contributed by atoms with van der Waals surface area (Å²) in [4.78, 5) is 0. The monoisotopic (exact) mass is 534 g/mol. The second-order valence-corrected chi connectivity index (χ2v) is 11.9. The normalized spacial score (nSPS) is 11.4. The molecule has 0 N–H and O–H groups in total. The van der Waals surface area contributed by atoms with Crippen molar-refractivity contribution in [3.05, 3.63) is 144 Å². The summed E-state index contributed by atoms with van der Waals surface area (Å²) in [5, 5.41) is 5.55. The SMILES string of the molecule is COc1ccccc1Cc1ccc(Pc2ccccc2Pc2ccc(Cc3ccccc3OC)cc2)cc1. The Morgan fingerprint density at radius 1 is 0.447 bits per heavy atom. The average Bonchev–Trinajstić information content (AvgIpc) is 2.97. The van der Waals surface area contributed by atoms with Crippen molar-refractivity contribution in [3.63, 3.8) is 0 Å². The lowest BCUT2D eigenvalue weighted by molar-refractivity contribution is 0.410. The molecule has 0 aliphatic heterocycles. The molecule has 0 spiro atoms. The van der Waals surface area contributed by atoms with Crippen molar-refractivity contribution in [2.24, 2.45) is 0 Å². The van der Waals surface area contributed by atoms with Crippen molar-refractivity contribution < 1.29 is 9.47 Å². The molecular formula is C34H32O2P2. The molecule has 0 saturated heterocycles. The van der Waals surface area contributed by atoms with Gasteiger partial charge in [0.05, 0.1) is 14.2 Å². The molecule has 0 radical (unpaired) electrons. The summed E-state index contributed by atoms with van der Waals surface area (Å²) in [6, 6.07) is 43.4. The lowest BCUT2D eigenvalue weighted by atomic mass is 10.0. The van der Waals surface area contributed by atoms with Gasteiger partial charge in [-0.1, -0.05) is 126 Å². The van der Waals surface area contributed by atoms with Crippen molar-refractivity contribution in [3.8, 4) is 11.5 Å². The zero-order valence-corrected chi connectivity index (χ0v) is 23.8. The van der Waals surface area contributed by atoms with Crippen molar-refractivity contribution in [2.75, 3.05) is 14.2 Å². The molecule has 2 atom stereocenters. The van der Waals surface area contributed by atoms with Gasteiger partial charge in [-0.2, -0.15) is 0 Å². The van der Waals surface area contributed by atoms with Gasteiger partial charge in [0, 0.05) is 12.8 Å². The molecule has 0 aromatic heterocycles. The van der Waals surface area contributed by atoms with E-state index in [9.17, 15) is 0 Å². The van der Waals surface area contributed by atoms with E-state index < -0.39 is 0 Å². The minimum absolute atomic E-state index is 0.635. The summed E-state index contributed by atoms with van der Waals surface area (Å²) >= 11 is 0.